The summed E-state index contributed by atoms with van der Waals surface area (Å²) in [7, 11) is 3.56. The van der Waals surface area contributed by atoms with Gasteiger partial charge in [0.1, 0.15) is 0 Å². The summed E-state index contributed by atoms with van der Waals surface area (Å²) in [5.41, 5.74) is 0.339. The number of aromatic nitrogens is 1. The number of rotatable bonds is 3. The zero-order chi connectivity index (χ0) is 13.1. The van der Waals surface area contributed by atoms with Crippen LogP contribution in [0.4, 0.5) is 0 Å². The first-order chi connectivity index (χ1) is 8.63. The Kier molecular flexibility index (Phi) is 5.57. The standard InChI is InChI=1S/C13H19N3O2.ClH/c1-14-9-11-4-3-6-16(11)13(18)10-5-7-15(2)12(17)8-10;/h5,7-8,11,14H,3-4,6,9H2,1-2H3;1H. The first kappa shape index (κ1) is 15.7. The number of aryl methyl sites for hydroxylation is 1. The molecular weight excluding hydrogens is 266 g/mol. The fourth-order valence-electron chi connectivity index (χ4n) is 2.40. The third-order valence-electron chi connectivity index (χ3n) is 3.43. The van der Waals surface area contributed by atoms with Crippen molar-refractivity contribution in [2.45, 2.75) is 18.9 Å². The van der Waals surface area contributed by atoms with Gasteiger partial charge < -0.3 is 14.8 Å². The lowest BCUT2D eigenvalue weighted by Gasteiger charge is -2.24. The van der Waals surface area contributed by atoms with Crippen LogP contribution in [0.25, 0.3) is 0 Å². The van der Waals surface area contributed by atoms with Gasteiger partial charge in [0, 0.05) is 44.0 Å². The van der Waals surface area contributed by atoms with E-state index in [9.17, 15) is 9.59 Å². The summed E-state index contributed by atoms with van der Waals surface area (Å²) in [5, 5.41) is 3.11. The van der Waals surface area contributed by atoms with Crippen molar-refractivity contribution in [2.24, 2.45) is 7.05 Å². The van der Waals surface area contributed by atoms with Crippen LogP contribution in [0.15, 0.2) is 23.1 Å². The number of likely N-dealkylation sites (tertiary alicyclic amines) is 1. The monoisotopic (exact) mass is 285 g/mol. The lowest BCUT2D eigenvalue weighted by atomic mass is 10.2. The fourth-order valence-corrected chi connectivity index (χ4v) is 2.40. The Morgan fingerprint density at radius 3 is 2.89 bits per heavy atom. The summed E-state index contributed by atoms with van der Waals surface area (Å²) in [6.07, 6.45) is 3.69. The van der Waals surface area contributed by atoms with Crippen molar-refractivity contribution in [1.82, 2.24) is 14.8 Å². The van der Waals surface area contributed by atoms with Gasteiger partial charge in [0.25, 0.3) is 11.5 Å². The summed E-state index contributed by atoms with van der Waals surface area (Å²) in [6.45, 7) is 1.58. The van der Waals surface area contributed by atoms with Crippen LogP contribution in [0.2, 0.25) is 0 Å². The summed E-state index contributed by atoms with van der Waals surface area (Å²) in [6, 6.07) is 3.36. The van der Waals surface area contributed by atoms with Gasteiger partial charge in [-0.15, -0.1) is 12.4 Å². The molecule has 0 aromatic carbocycles. The number of amides is 1. The van der Waals surface area contributed by atoms with Gasteiger partial charge in [-0.05, 0) is 26.0 Å². The molecule has 2 heterocycles. The van der Waals surface area contributed by atoms with Crippen molar-refractivity contribution in [3.63, 3.8) is 0 Å². The summed E-state index contributed by atoms with van der Waals surface area (Å²) in [4.78, 5) is 25.8. The highest BCUT2D eigenvalue weighted by Crippen LogP contribution is 2.19. The van der Waals surface area contributed by atoms with E-state index in [1.165, 1.54) is 10.6 Å². The molecule has 2 rings (SSSR count). The number of nitrogens with zero attached hydrogens (tertiary/aromatic N) is 2. The molecule has 1 aliphatic rings. The number of hydrogen-bond donors (Lipinski definition) is 1. The molecule has 1 aromatic rings. The maximum absolute atomic E-state index is 12.3. The van der Waals surface area contributed by atoms with Crippen molar-refractivity contribution in [3.05, 3.63) is 34.2 Å². The summed E-state index contributed by atoms with van der Waals surface area (Å²) in [5.74, 6) is -0.0366. The van der Waals surface area contributed by atoms with Gasteiger partial charge in [0.15, 0.2) is 0 Å². The third kappa shape index (κ3) is 3.36. The maximum atomic E-state index is 12.3. The molecule has 1 saturated heterocycles. The number of halogens is 1. The molecule has 0 bridgehead atoms. The minimum absolute atomic E-state index is 0. The van der Waals surface area contributed by atoms with E-state index in [0.29, 0.717) is 5.56 Å². The third-order valence-corrected chi connectivity index (χ3v) is 3.43. The zero-order valence-corrected chi connectivity index (χ0v) is 12.1. The topological polar surface area (TPSA) is 54.3 Å². The van der Waals surface area contributed by atoms with E-state index in [-0.39, 0.29) is 29.9 Å². The van der Waals surface area contributed by atoms with Crippen LogP contribution in [-0.4, -0.2) is 41.6 Å². The van der Waals surface area contributed by atoms with Crippen LogP contribution in [0.5, 0.6) is 0 Å². The average molecular weight is 286 g/mol. The second-order valence-corrected chi connectivity index (χ2v) is 4.72. The SMILES string of the molecule is CNCC1CCCN1C(=O)c1ccn(C)c(=O)c1.Cl. The number of carbonyl (C=O) groups excluding carboxylic acids is 1. The molecule has 19 heavy (non-hydrogen) atoms. The molecule has 1 fully saturated rings. The van der Waals surface area contributed by atoms with Gasteiger partial charge in [0.2, 0.25) is 0 Å². The van der Waals surface area contributed by atoms with E-state index in [0.717, 1.165) is 25.9 Å². The largest absolute Gasteiger partial charge is 0.334 e. The number of carbonyl (C=O) groups is 1. The van der Waals surface area contributed by atoms with Crippen molar-refractivity contribution in [1.29, 1.82) is 0 Å². The van der Waals surface area contributed by atoms with Crippen LogP contribution in [-0.2, 0) is 7.05 Å². The molecule has 1 unspecified atom stereocenters. The molecule has 0 radical (unpaired) electrons. The van der Waals surface area contributed by atoms with E-state index in [4.69, 9.17) is 0 Å². The molecule has 0 spiro atoms. The van der Waals surface area contributed by atoms with Crippen LogP contribution in [0.3, 0.4) is 0 Å². The number of nitrogens with one attached hydrogen (secondary N) is 1. The molecule has 6 heteroatoms. The lowest BCUT2D eigenvalue weighted by Crippen LogP contribution is -2.41. The Balaban J connectivity index is 0.00000180. The highest BCUT2D eigenvalue weighted by molar-refractivity contribution is 5.94. The smallest absolute Gasteiger partial charge is 0.254 e. The van der Waals surface area contributed by atoms with E-state index < -0.39 is 0 Å². The fraction of sp³-hybridized carbons (Fsp3) is 0.538. The zero-order valence-electron chi connectivity index (χ0n) is 11.3. The Morgan fingerprint density at radius 2 is 2.26 bits per heavy atom. The highest BCUT2D eigenvalue weighted by Gasteiger charge is 2.28. The van der Waals surface area contributed by atoms with Gasteiger partial charge >= 0.3 is 0 Å². The number of pyridine rings is 1. The van der Waals surface area contributed by atoms with E-state index in [1.807, 2.05) is 11.9 Å². The highest BCUT2D eigenvalue weighted by atomic mass is 35.5. The Labute approximate surface area is 119 Å². The lowest BCUT2D eigenvalue weighted by molar-refractivity contribution is 0.0736. The number of likely N-dealkylation sites (N-methyl/N-ethyl adjacent to an activating group) is 1. The van der Waals surface area contributed by atoms with E-state index in [2.05, 4.69) is 5.32 Å². The van der Waals surface area contributed by atoms with Crippen molar-refractivity contribution in [3.8, 4) is 0 Å². The number of hydrogen-bond acceptors (Lipinski definition) is 3. The predicted molar refractivity (Wildman–Crippen MR) is 76.9 cm³/mol. The first-order valence-electron chi connectivity index (χ1n) is 6.25. The van der Waals surface area contributed by atoms with Crippen molar-refractivity contribution in [2.75, 3.05) is 20.1 Å². The maximum Gasteiger partial charge on any atom is 0.254 e. The van der Waals surface area contributed by atoms with Gasteiger partial charge in [-0.1, -0.05) is 0 Å². The second kappa shape index (κ2) is 6.73. The van der Waals surface area contributed by atoms with Crippen LogP contribution < -0.4 is 10.9 Å². The normalized spacial score (nSPS) is 18.2. The van der Waals surface area contributed by atoms with Crippen molar-refractivity contribution < 1.29 is 4.79 Å². The molecule has 1 aliphatic heterocycles. The Hall–Kier alpha value is -1.33. The van der Waals surface area contributed by atoms with Gasteiger partial charge in [-0.25, -0.2) is 0 Å². The predicted octanol–water partition coefficient (Wildman–Crippen LogP) is 0.631. The molecule has 0 aliphatic carbocycles. The molecule has 1 amide bonds. The Morgan fingerprint density at radius 1 is 1.53 bits per heavy atom. The molecule has 0 saturated carbocycles. The summed E-state index contributed by atoms with van der Waals surface area (Å²) >= 11 is 0. The molecule has 1 aromatic heterocycles. The first-order valence-corrected chi connectivity index (χ1v) is 6.25. The minimum Gasteiger partial charge on any atom is -0.334 e. The summed E-state index contributed by atoms with van der Waals surface area (Å²) < 4.78 is 1.46. The quantitative estimate of drug-likeness (QED) is 0.886. The molecule has 1 N–H and O–H groups in total. The van der Waals surface area contributed by atoms with Gasteiger partial charge in [0.05, 0.1) is 0 Å². The van der Waals surface area contributed by atoms with Crippen LogP contribution in [0.1, 0.15) is 23.2 Å². The minimum atomic E-state index is -0.148. The molecule has 5 nitrogen and oxygen atoms in total. The van der Waals surface area contributed by atoms with E-state index in [1.54, 1.807) is 19.3 Å². The van der Waals surface area contributed by atoms with Gasteiger partial charge in [-0.3, -0.25) is 9.59 Å². The van der Waals surface area contributed by atoms with E-state index >= 15 is 0 Å². The molecular formula is C13H20ClN3O2. The van der Waals surface area contributed by atoms with Gasteiger partial charge in [-0.2, -0.15) is 0 Å². The molecule has 106 valence electrons. The average Bonchev–Trinajstić information content (AvgIpc) is 2.80. The Bertz CT molecular complexity index is 501. The van der Waals surface area contributed by atoms with Crippen LogP contribution >= 0.6 is 12.4 Å². The molecule has 1 atom stereocenters. The van der Waals surface area contributed by atoms with Crippen molar-refractivity contribution >= 4 is 18.3 Å². The second-order valence-electron chi connectivity index (χ2n) is 4.72. The van der Waals surface area contributed by atoms with Crippen LogP contribution in [0, 0.1) is 0 Å².